The second-order valence-corrected chi connectivity index (χ2v) is 5.17. The van der Waals surface area contributed by atoms with Crippen LogP contribution in [0.5, 0.6) is 0 Å². The van der Waals surface area contributed by atoms with Crippen molar-refractivity contribution in [2.75, 3.05) is 13.1 Å². The van der Waals surface area contributed by atoms with E-state index in [2.05, 4.69) is 15.6 Å². The molecule has 4 nitrogen and oxygen atoms in total. The molecule has 1 fully saturated rings. The van der Waals surface area contributed by atoms with Crippen molar-refractivity contribution in [2.45, 2.75) is 32.2 Å². The molecule has 5 heteroatoms. The minimum Gasteiger partial charge on any atom is -0.348 e. The van der Waals surface area contributed by atoms with Gasteiger partial charge < -0.3 is 10.6 Å². The van der Waals surface area contributed by atoms with Gasteiger partial charge in [-0.15, -0.1) is 11.3 Å². The number of nitrogens with one attached hydrogen (secondary N) is 2. The SMILES string of the molecule is Cc1nc(C(=O)NC2CCCNCC2)cs1. The quantitative estimate of drug-likeness (QED) is 0.818. The Morgan fingerprint density at radius 2 is 2.44 bits per heavy atom. The van der Waals surface area contributed by atoms with Gasteiger partial charge in [-0.05, 0) is 39.3 Å². The molecule has 16 heavy (non-hydrogen) atoms. The van der Waals surface area contributed by atoms with Crippen LogP contribution >= 0.6 is 11.3 Å². The number of hydrogen-bond acceptors (Lipinski definition) is 4. The molecule has 1 aromatic heterocycles. The third-order valence-corrected chi connectivity index (χ3v) is 3.54. The van der Waals surface area contributed by atoms with Gasteiger partial charge in [-0.3, -0.25) is 4.79 Å². The second-order valence-electron chi connectivity index (χ2n) is 4.10. The highest BCUT2D eigenvalue weighted by Crippen LogP contribution is 2.10. The molecule has 1 aromatic rings. The lowest BCUT2D eigenvalue weighted by Crippen LogP contribution is -2.35. The maximum absolute atomic E-state index is 11.9. The van der Waals surface area contributed by atoms with Crippen LogP contribution in [0.15, 0.2) is 5.38 Å². The number of hydrogen-bond donors (Lipinski definition) is 2. The van der Waals surface area contributed by atoms with E-state index in [-0.39, 0.29) is 5.91 Å². The van der Waals surface area contributed by atoms with Crippen LogP contribution < -0.4 is 10.6 Å². The van der Waals surface area contributed by atoms with Crippen LogP contribution in [0.1, 0.15) is 34.8 Å². The highest BCUT2D eigenvalue weighted by atomic mass is 32.1. The summed E-state index contributed by atoms with van der Waals surface area (Å²) >= 11 is 1.51. The van der Waals surface area contributed by atoms with Crippen LogP contribution in [-0.4, -0.2) is 30.0 Å². The molecule has 0 aromatic carbocycles. The van der Waals surface area contributed by atoms with Gasteiger partial charge in [0, 0.05) is 11.4 Å². The van der Waals surface area contributed by atoms with Crippen molar-refractivity contribution in [2.24, 2.45) is 0 Å². The van der Waals surface area contributed by atoms with Gasteiger partial charge in [-0.2, -0.15) is 0 Å². The molecule has 1 aliphatic rings. The first-order valence-electron chi connectivity index (χ1n) is 5.69. The third kappa shape index (κ3) is 3.02. The molecule has 1 atom stereocenters. The third-order valence-electron chi connectivity index (χ3n) is 2.76. The van der Waals surface area contributed by atoms with Crippen LogP contribution in [0.25, 0.3) is 0 Å². The molecule has 0 radical (unpaired) electrons. The normalized spacial score (nSPS) is 21.4. The van der Waals surface area contributed by atoms with Gasteiger partial charge in [-0.25, -0.2) is 4.98 Å². The van der Waals surface area contributed by atoms with E-state index < -0.39 is 0 Å². The van der Waals surface area contributed by atoms with Crippen molar-refractivity contribution in [3.63, 3.8) is 0 Å². The summed E-state index contributed by atoms with van der Waals surface area (Å²) in [4.78, 5) is 16.0. The Morgan fingerprint density at radius 1 is 1.56 bits per heavy atom. The number of aromatic nitrogens is 1. The zero-order valence-electron chi connectivity index (χ0n) is 9.45. The highest BCUT2D eigenvalue weighted by molar-refractivity contribution is 7.09. The molecule has 0 bridgehead atoms. The molecule has 1 aliphatic heterocycles. The zero-order chi connectivity index (χ0) is 11.4. The van der Waals surface area contributed by atoms with E-state index in [9.17, 15) is 4.79 Å². The number of carbonyl (C=O) groups is 1. The number of nitrogens with zero attached hydrogens (tertiary/aromatic N) is 1. The fourth-order valence-corrected chi connectivity index (χ4v) is 2.48. The molecule has 1 amide bonds. The Hall–Kier alpha value is -0.940. The van der Waals surface area contributed by atoms with E-state index in [1.165, 1.54) is 11.3 Å². The van der Waals surface area contributed by atoms with E-state index in [0.717, 1.165) is 37.4 Å². The van der Waals surface area contributed by atoms with Crippen molar-refractivity contribution < 1.29 is 4.79 Å². The van der Waals surface area contributed by atoms with Gasteiger partial charge >= 0.3 is 0 Å². The van der Waals surface area contributed by atoms with E-state index in [1.807, 2.05) is 12.3 Å². The fourth-order valence-electron chi connectivity index (χ4n) is 1.89. The molecule has 1 unspecified atom stereocenters. The predicted octanol–water partition coefficient (Wildman–Crippen LogP) is 1.32. The van der Waals surface area contributed by atoms with Gasteiger partial charge in [0.05, 0.1) is 5.01 Å². The summed E-state index contributed by atoms with van der Waals surface area (Å²) in [6, 6.07) is 0.296. The molecule has 88 valence electrons. The van der Waals surface area contributed by atoms with Crippen LogP contribution in [0.3, 0.4) is 0 Å². The maximum atomic E-state index is 11.9. The topological polar surface area (TPSA) is 54.0 Å². The van der Waals surface area contributed by atoms with Crippen LogP contribution in [0.2, 0.25) is 0 Å². The van der Waals surface area contributed by atoms with Gasteiger partial charge in [0.2, 0.25) is 0 Å². The van der Waals surface area contributed by atoms with Gasteiger partial charge in [0.1, 0.15) is 5.69 Å². The average molecular weight is 239 g/mol. The van der Waals surface area contributed by atoms with Crippen molar-refractivity contribution in [1.82, 2.24) is 15.6 Å². The smallest absolute Gasteiger partial charge is 0.270 e. The molecule has 0 spiro atoms. The molecule has 0 saturated carbocycles. The summed E-state index contributed by atoms with van der Waals surface area (Å²) in [6.45, 7) is 3.96. The largest absolute Gasteiger partial charge is 0.348 e. The van der Waals surface area contributed by atoms with E-state index >= 15 is 0 Å². The maximum Gasteiger partial charge on any atom is 0.270 e. The Balaban J connectivity index is 1.90. The first kappa shape index (κ1) is 11.5. The molecule has 1 saturated heterocycles. The first-order valence-corrected chi connectivity index (χ1v) is 6.57. The number of rotatable bonds is 2. The first-order chi connectivity index (χ1) is 7.75. The Labute approximate surface area is 99.5 Å². The molecule has 2 heterocycles. The lowest BCUT2D eigenvalue weighted by atomic mass is 10.1. The summed E-state index contributed by atoms with van der Waals surface area (Å²) in [5, 5.41) is 9.14. The average Bonchev–Trinajstić information content (AvgIpc) is 2.54. The standard InChI is InChI=1S/C11H17N3OS/c1-8-13-10(7-16-8)11(15)14-9-3-2-5-12-6-4-9/h7,9,12H,2-6H2,1H3,(H,14,15). The number of carbonyl (C=O) groups excluding carboxylic acids is 1. The molecule has 2 N–H and O–H groups in total. The predicted molar refractivity (Wildman–Crippen MR) is 64.8 cm³/mol. The highest BCUT2D eigenvalue weighted by Gasteiger charge is 2.16. The number of aryl methyl sites for hydroxylation is 1. The molecular formula is C11H17N3OS. The summed E-state index contributed by atoms with van der Waals surface area (Å²) in [5.41, 5.74) is 0.555. The van der Waals surface area contributed by atoms with Crippen molar-refractivity contribution in [1.29, 1.82) is 0 Å². The fraction of sp³-hybridized carbons (Fsp3) is 0.636. The second kappa shape index (κ2) is 5.41. The summed E-state index contributed by atoms with van der Waals surface area (Å²) in [5.74, 6) is -0.0312. The minimum atomic E-state index is -0.0312. The van der Waals surface area contributed by atoms with Crippen LogP contribution in [-0.2, 0) is 0 Å². The monoisotopic (exact) mass is 239 g/mol. The Kier molecular flexibility index (Phi) is 3.90. The van der Waals surface area contributed by atoms with Crippen molar-refractivity contribution in [3.8, 4) is 0 Å². The van der Waals surface area contributed by atoms with Gasteiger partial charge in [-0.1, -0.05) is 0 Å². The summed E-state index contributed by atoms with van der Waals surface area (Å²) in [6.07, 6.45) is 3.19. The lowest BCUT2D eigenvalue weighted by molar-refractivity contribution is 0.0929. The summed E-state index contributed by atoms with van der Waals surface area (Å²) < 4.78 is 0. The van der Waals surface area contributed by atoms with Crippen LogP contribution in [0.4, 0.5) is 0 Å². The van der Waals surface area contributed by atoms with E-state index in [4.69, 9.17) is 0 Å². The van der Waals surface area contributed by atoms with Crippen LogP contribution in [0, 0.1) is 6.92 Å². The Morgan fingerprint density at radius 3 is 3.19 bits per heavy atom. The van der Waals surface area contributed by atoms with E-state index in [0.29, 0.717) is 11.7 Å². The van der Waals surface area contributed by atoms with Crippen molar-refractivity contribution in [3.05, 3.63) is 16.1 Å². The zero-order valence-corrected chi connectivity index (χ0v) is 10.3. The number of thiazole rings is 1. The molecule has 2 rings (SSSR count). The van der Waals surface area contributed by atoms with Crippen molar-refractivity contribution >= 4 is 17.2 Å². The van der Waals surface area contributed by atoms with Gasteiger partial charge in [0.25, 0.3) is 5.91 Å². The lowest BCUT2D eigenvalue weighted by Gasteiger charge is -2.14. The molecular weight excluding hydrogens is 222 g/mol. The summed E-state index contributed by atoms with van der Waals surface area (Å²) in [7, 11) is 0. The Bertz CT molecular complexity index is 356. The molecule has 0 aliphatic carbocycles. The van der Waals surface area contributed by atoms with E-state index in [1.54, 1.807) is 0 Å². The van der Waals surface area contributed by atoms with Gasteiger partial charge in [0.15, 0.2) is 0 Å². The minimum absolute atomic E-state index is 0.0312. The number of amides is 1.